The summed E-state index contributed by atoms with van der Waals surface area (Å²) >= 11 is 0. The number of amides is 1. The van der Waals surface area contributed by atoms with E-state index in [0.29, 0.717) is 0 Å². The number of rotatable bonds is 3. The lowest BCUT2D eigenvalue weighted by molar-refractivity contribution is -0.116. The van der Waals surface area contributed by atoms with E-state index in [2.05, 4.69) is 5.32 Å². The van der Waals surface area contributed by atoms with Gasteiger partial charge in [0.25, 0.3) is 0 Å². The number of hydrogen-bond donors (Lipinski definition) is 1. The summed E-state index contributed by atoms with van der Waals surface area (Å²) in [6.45, 7) is 3.72. The number of halogens is 2. The molecule has 0 aromatic heterocycles. The third kappa shape index (κ3) is 3.31. The predicted molar refractivity (Wildman–Crippen MR) is 54.4 cm³/mol. The van der Waals surface area contributed by atoms with Crippen molar-refractivity contribution in [1.82, 2.24) is 0 Å². The van der Waals surface area contributed by atoms with Gasteiger partial charge in [-0.3, -0.25) is 4.79 Å². The summed E-state index contributed by atoms with van der Waals surface area (Å²) in [5, 5.41) is 2.22. The quantitative estimate of drug-likeness (QED) is 0.821. The highest BCUT2D eigenvalue weighted by Gasteiger charge is 2.12. The highest BCUT2D eigenvalue weighted by Crippen LogP contribution is 2.18. The number of nitrogens with one attached hydrogen (secondary N) is 1. The third-order valence-corrected chi connectivity index (χ3v) is 1.82. The molecule has 4 heteroatoms. The van der Waals surface area contributed by atoms with Crippen molar-refractivity contribution in [1.29, 1.82) is 0 Å². The van der Waals surface area contributed by atoms with Gasteiger partial charge >= 0.3 is 0 Å². The number of para-hydroxylation sites is 1. The van der Waals surface area contributed by atoms with Gasteiger partial charge in [-0.05, 0) is 18.1 Å². The molecule has 0 radical (unpaired) electrons. The summed E-state index contributed by atoms with van der Waals surface area (Å²) in [5.74, 6) is -1.74. The molecule has 2 nitrogen and oxygen atoms in total. The zero-order chi connectivity index (χ0) is 11.4. The Balaban J connectivity index is 2.76. The van der Waals surface area contributed by atoms with Crippen molar-refractivity contribution in [2.24, 2.45) is 5.92 Å². The van der Waals surface area contributed by atoms with Gasteiger partial charge in [0.05, 0.1) is 0 Å². The fourth-order valence-corrected chi connectivity index (χ4v) is 1.18. The molecule has 0 saturated heterocycles. The maximum Gasteiger partial charge on any atom is 0.224 e. The molecule has 1 rings (SSSR count). The van der Waals surface area contributed by atoms with Gasteiger partial charge in [0.1, 0.15) is 17.3 Å². The Bertz CT molecular complexity index is 343. The van der Waals surface area contributed by atoms with E-state index in [0.717, 1.165) is 12.1 Å². The maximum atomic E-state index is 13.1. The Morgan fingerprint density at radius 3 is 2.33 bits per heavy atom. The highest BCUT2D eigenvalue weighted by molar-refractivity contribution is 5.91. The molecule has 1 aromatic carbocycles. The molecule has 1 amide bonds. The van der Waals surface area contributed by atoms with Crippen molar-refractivity contribution in [3.8, 4) is 0 Å². The molecule has 0 saturated carbocycles. The molecule has 0 aliphatic carbocycles. The molecule has 0 aliphatic rings. The second-order valence-corrected chi connectivity index (χ2v) is 3.74. The predicted octanol–water partition coefficient (Wildman–Crippen LogP) is 2.95. The van der Waals surface area contributed by atoms with Gasteiger partial charge in [0, 0.05) is 6.42 Å². The van der Waals surface area contributed by atoms with Gasteiger partial charge in [-0.1, -0.05) is 19.9 Å². The first-order valence-electron chi connectivity index (χ1n) is 4.74. The van der Waals surface area contributed by atoms with Crippen molar-refractivity contribution < 1.29 is 13.6 Å². The van der Waals surface area contributed by atoms with Crippen molar-refractivity contribution in [3.63, 3.8) is 0 Å². The van der Waals surface area contributed by atoms with E-state index in [9.17, 15) is 13.6 Å². The number of anilines is 1. The van der Waals surface area contributed by atoms with Gasteiger partial charge in [0.2, 0.25) is 5.91 Å². The van der Waals surface area contributed by atoms with Crippen LogP contribution in [0.25, 0.3) is 0 Å². The van der Waals surface area contributed by atoms with Gasteiger partial charge in [-0.25, -0.2) is 8.78 Å². The zero-order valence-electron chi connectivity index (χ0n) is 8.68. The molecule has 0 spiro atoms. The van der Waals surface area contributed by atoms with Gasteiger partial charge in [0.15, 0.2) is 0 Å². The standard InChI is InChI=1S/C11H13F2NO/c1-7(2)6-10(15)14-11-8(12)4-3-5-9(11)13/h3-5,7H,6H2,1-2H3,(H,14,15). The Morgan fingerprint density at radius 2 is 1.87 bits per heavy atom. The van der Waals surface area contributed by atoms with Crippen LogP contribution in [0.15, 0.2) is 18.2 Å². The average Bonchev–Trinajstić information content (AvgIpc) is 2.10. The Hall–Kier alpha value is -1.45. The summed E-state index contributed by atoms with van der Waals surface area (Å²) < 4.78 is 26.2. The number of benzene rings is 1. The lowest BCUT2D eigenvalue weighted by Gasteiger charge is -2.08. The summed E-state index contributed by atoms with van der Waals surface area (Å²) in [5.41, 5.74) is -0.372. The molecule has 82 valence electrons. The highest BCUT2D eigenvalue weighted by atomic mass is 19.1. The summed E-state index contributed by atoms with van der Waals surface area (Å²) in [6.07, 6.45) is 0.244. The smallest absolute Gasteiger partial charge is 0.224 e. The van der Waals surface area contributed by atoms with Crippen LogP contribution in [-0.4, -0.2) is 5.91 Å². The minimum Gasteiger partial charge on any atom is -0.321 e. The van der Waals surface area contributed by atoms with Gasteiger partial charge in [-0.2, -0.15) is 0 Å². The Labute approximate surface area is 87.3 Å². The Kier molecular flexibility index (Phi) is 3.77. The molecule has 0 heterocycles. The van der Waals surface area contributed by atoms with Crippen LogP contribution >= 0.6 is 0 Å². The first kappa shape index (κ1) is 11.6. The summed E-state index contributed by atoms with van der Waals surface area (Å²) in [7, 11) is 0. The van der Waals surface area contributed by atoms with Crippen molar-refractivity contribution >= 4 is 11.6 Å². The van der Waals surface area contributed by atoms with Crippen LogP contribution in [0.3, 0.4) is 0 Å². The van der Waals surface area contributed by atoms with E-state index in [1.54, 1.807) is 0 Å². The van der Waals surface area contributed by atoms with Crippen LogP contribution in [-0.2, 0) is 4.79 Å². The molecule has 0 bridgehead atoms. The minimum atomic E-state index is -0.757. The molecule has 0 atom stereocenters. The fourth-order valence-electron chi connectivity index (χ4n) is 1.18. The van der Waals surface area contributed by atoms with Crippen molar-refractivity contribution in [3.05, 3.63) is 29.8 Å². The molecular weight excluding hydrogens is 200 g/mol. The zero-order valence-corrected chi connectivity index (χ0v) is 8.68. The van der Waals surface area contributed by atoms with Crippen LogP contribution in [0.4, 0.5) is 14.5 Å². The molecule has 0 fully saturated rings. The van der Waals surface area contributed by atoms with E-state index in [4.69, 9.17) is 0 Å². The van der Waals surface area contributed by atoms with E-state index < -0.39 is 11.6 Å². The molecule has 1 N–H and O–H groups in total. The van der Waals surface area contributed by atoms with E-state index in [1.165, 1.54) is 6.07 Å². The minimum absolute atomic E-state index is 0.153. The second-order valence-electron chi connectivity index (χ2n) is 3.74. The van der Waals surface area contributed by atoms with Crippen LogP contribution in [0.5, 0.6) is 0 Å². The van der Waals surface area contributed by atoms with Crippen molar-refractivity contribution in [2.75, 3.05) is 5.32 Å². The maximum absolute atomic E-state index is 13.1. The van der Waals surface area contributed by atoms with E-state index >= 15 is 0 Å². The largest absolute Gasteiger partial charge is 0.321 e. The van der Waals surface area contributed by atoms with Gasteiger partial charge < -0.3 is 5.32 Å². The monoisotopic (exact) mass is 213 g/mol. The molecular formula is C11H13F2NO. The molecule has 0 unspecified atom stereocenters. The van der Waals surface area contributed by atoms with Gasteiger partial charge in [-0.15, -0.1) is 0 Å². The number of hydrogen-bond acceptors (Lipinski definition) is 1. The lowest BCUT2D eigenvalue weighted by atomic mass is 10.1. The number of carbonyl (C=O) groups excluding carboxylic acids is 1. The SMILES string of the molecule is CC(C)CC(=O)Nc1c(F)cccc1F. The molecule has 15 heavy (non-hydrogen) atoms. The van der Waals surface area contributed by atoms with E-state index in [-0.39, 0.29) is 23.9 Å². The molecule has 1 aromatic rings. The first-order valence-corrected chi connectivity index (χ1v) is 4.74. The number of carbonyl (C=O) groups is 1. The summed E-state index contributed by atoms with van der Waals surface area (Å²) in [6, 6.07) is 3.46. The van der Waals surface area contributed by atoms with Crippen LogP contribution in [0.1, 0.15) is 20.3 Å². The van der Waals surface area contributed by atoms with E-state index in [1.807, 2.05) is 13.8 Å². The fraction of sp³-hybridized carbons (Fsp3) is 0.364. The average molecular weight is 213 g/mol. The molecule has 0 aliphatic heterocycles. The first-order chi connectivity index (χ1) is 7.00. The summed E-state index contributed by atoms with van der Waals surface area (Å²) in [4.78, 5) is 11.3. The normalized spacial score (nSPS) is 10.5. The lowest BCUT2D eigenvalue weighted by Crippen LogP contribution is -2.15. The topological polar surface area (TPSA) is 29.1 Å². The Morgan fingerprint density at radius 1 is 1.33 bits per heavy atom. The van der Waals surface area contributed by atoms with Crippen molar-refractivity contribution in [2.45, 2.75) is 20.3 Å². The van der Waals surface area contributed by atoms with Crippen LogP contribution in [0, 0.1) is 17.6 Å². The van der Waals surface area contributed by atoms with Crippen LogP contribution in [0.2, 0.25) is 0 Å². The second kappa shape index (κ2) is 4.87. The van der Waals surface area contributed by atoms with Crippen LogP contribution < -0.4 is 5.32 Å². The third-order valence-electron chi connectivity index (χ3n) is 1.82.